The first-order valence-corrected chi connectivity index (χ1v) is 12.0. The fourth-order valence-electron chi connectivity index (χ4n) is 3.59. The number of amides is 1. The van der Waals surface area contributed by atoms with E-state index in [2.05, 4.69) is 14.9 Å². The molecule has 1 aliphatic heterocycles. The van der Waals surface area contributed by atoms with Crippen molar-refractivity contribution in [3.8, 4) is 0 Å². The van der Waals surface area contributed by atoms with Crippen molar-refractivity contribution in [1.82, 2.24) is 10.0 Å². The minimum absolute atomic E-state index is 0.0675. The van der Waals surface area contributed by atoms with Crippen molar-refractivity contribution in [3.05, 3.63) is 59.7 Å². The van der Waals surface area contributed by atoms with Gasteiger partial charge >= 0.3 is 0 Å². The number of piperidine rings is 1. The first-order chi connectivity index (χ1) is 14.3. The van der Waals surface area contributed by atoms with Crippen LogP contribution in [0.5, 0.6) is 0 Å². The Kier molecular flexibility index (Phi) is 7.15. The highest BCUT2D eigenvalue weighted by molar-refractivity contribution is 7.89. The van der Waals surface area contributed by atoms with Crippen LogP contribution in [0.3, 0.4) is 0 Å². The molecule has 1 heterocycles. The van der Waals surface area contributed by atoms with Crippen molar-refractivity contribution in [1.29, 1.82) is 0 Å². The topological polar surface area (TPSA) is 78.5 Å². The van der Waals surface area contributed by atoms with Gasteiger partial charge in [-0.15, -0.1) is 0 Å². The van der Waals surface area contributed by atoms with E-state index in [4.69, 9.17) is 0 Å². The van der Waals surface area contributed by atoms with Crippen LogP contribution in [0.4, 0.5) is 5.69 Å². The third kappa shape index (κ3) is 5.40. The van der Waals surface area contributed by atoms with E-state index in [0.717, 1.165) is 17.7 Å². The number of nitrogens with one attached hydrogen (secondary N) is 2. The molecule has 1 fully saturated rings. The minimum Gasteiger partial charge on any atom is -0.371 e. The molecule has 0 radical (unpaired) electrons. The maximum Gasteiger partial charge on any atom is 0.253 e. The highest BCUT2D eigenvalue weighted by Gasteiger charge is 2.26. The smallest absolute Gasteiger partial charge is 0.253 e. The number of hydrogen-bond acceptors (Lipinski definition) is 4. The average Bonchev–Trinajstić information content (AvgIpc) is 2.74. The summed E-state index contributed by atoms with van der Waals surface area (Å²) in [6.07, 6.45) is 2.25. The van der Waals surface area contributed by atoms with Gasteiger partial charge in [-0.1, -0.05) is 36.8 Å². The Morgan fingerprint density at radius 3 is 2.37 bits per heavy atom. The molecule has 7 heteroatoms. The van der Waals surface area contributed by atoms with Gasteiger partial charge in [0.05, 0.1) is 10.5 Å². The summed E-state index contributed by atoms with van der Waals surface area (Å²) in [6, 6.07) is 14.5. The number of benzene rings is 2. The molecule has 1 amide bonds. The van der Waals surface area contributed by atoms with Gasteiger partial charge in [0.2, 0.25) is 10.0 Å². The molecule has 6 nitrogen and oxygen atoms in total. The lowest BCUT2D eigenvalue weighted by Crippen LogP contribution is -2.45. The number of anilines is 1. The quantitative estimate of drug-likeness (QED) is 0.706. The first kappa shape index (κ1) is 22.3. The highest BCUT2D eigenvalue weighted by Crippen LogP contribution is 2.25. The molecular weight excluding hydrogens is 398 g/mol. The SMILES string of the molecule is CC[C@@H](C)NC(=O)c1ccccc1N1CCC(NS(=O)(=O)c2ccc(C)cc2)CC1. The molecule has 0 spiro atoms. The number of carbonyl (C=O) groups is 1. The number of nitrogens with zero attached hydrogens (tertiary/aromatic N) is 1. The molecule has 0 saturated carbocycles. The van der Waals surface area contributed by atoms with Gasteiger partial charge in [-0.25, -0.2) is 13.1 Å². The van der Waals surface area contributed by atoms with Gasteiger partial charge in [0, 0.05) is 30.9 Å². The molecule has 162 valence electrons. The predicted octanol–water partition coefficient (Wildman–Crippen LogP) is 3.47. The monoisotopic (exact) mass is 429 g/mol. The molecular formula is C23H31N3O3S. The molecule has 2 aromatic rings. The molecule has 0 aliphatic carbocycles. The number of rotatable bonds is 7. The van der Waals surface area contributed by atoms with Crippen molar-refractivity contribution in [3.63, 3.8) is 0 Å². The summed E-state index contributed by atoms with van der Waals surface area (Å²) >= 11 is 0. The van der Waals surface area contributed by atoms with Crippen LogP contribution < -0.4 is 14.9 Å². The van der Waals surface area contributed by atoms with Crippen LogP contribution in [0.1, 0.15) is 49.0 Å². The number of sulfonamides is 1. The van der Waals surface area contributed by atoms with Gasteiger partial charge in [0.15, 0.2) is 0 Å². The lowest BCUT2D eigenvalue weighted by atomic mass is 10.0. The van der Waals surface area contributed by atoms with Gasteiger partial charge in [-0.3, -0.25) is 4.79 Å². The van der Waals surface area contributed by atoms with Crippen molar-refractivity contribution in [2.75, 3.05) is 18.0 Å². The van der Waals surface area contributed by atoms with Gasteiger partial charge in [-0.05, 0) is 57.4 Å². The molecule has 30 heavy (non-hydrogen) atoms. The summed E-state index contributed by atoms with van der Waals surface area (Å²) in [6.45, 7) is 7.34. The number of hydrogen-bond donors (Lipinski definition) is 2. The second-order valence-electron chi connectivity index (χ2n) is 8.00. The zero-order valence-electron chi connectivity index (χ0n) is 17.9. The number of para-hydroxylation sites is 1. The molecule has 2 N–H and O–H groups in total. The van der Waals surface area contributed by atoms with E-state index in [9.17, 15) is 13.2 Å². The fourth-order valence-corrected chi connectivity index (χ4v) is 4.89. The van der Waals surface area contributed by atoms with E-state index >= 15 is 0 Å². The molecule has 0 unspecified atom stereocenters. The Balaban J connectivity index is 1.65. The van der Waals surface area contributed by atoms with E-state index in [1.165, 1.54) is 0 Å². The first-order valence-electron chi connectivity index (χ1n) is 10.5. The Labute approximate surface area is 179 Å². The maximum atomic E-state index is 12.7. The second-order valence-corrected chi connectivity index (χ2v) is 9.71. The van der Waals surface area contributed by atoms with Crippen LogP contribution in [-0.2, 0) is 10.0 Å². The summed E-state index contributed by atoms with van der Waals surface area (Å²) in [5.74, 6) is -0.0675. The predicted molar refractivity (Wildman–Crippen MR) is 120 cm³/mol. The van der Waals surface area contributed by atoms with Gasteiger partial charge in [-0.2, -0.15) is 0 Å². The van der Waals surface area contributed by atoms with E-state index < -0.39 is 10.0 Å². The molecule has 1 aliphatic rings. The zero-order valence-corrected chi connectivity index (χ0v) is 18.7. The Morgan fingerprint density at radius 2 is 1.73 bits per heavy atom. The minimum atomic E-state index is -3.53. The molecule has 0 aromatic heterocycles. The van der Waals surface area contributed by atoms with Crippen LogP contribution in [-0.4, -0.2) is 39.5 Å². The van der Waals surface area contributed by atoms with Crippen molar-refractivity contribution < 1.29 is 13.2 Å². The van der Waals surface area contributed by atoms with E-state index in [0.29, 0.717) is 36.4 Å². The second kappa shape index (κ2) is 9.62. The molecule has 1 saturated heterocycles. The molecule has 3 rings (SSSR count). The van der Waals surface area contributed by atoms with Crippen LogP contribution >= 0.6 is 0 Å². The fraction of sp³-hybridized carbons (Fsp3) is 0.435. The van der Waals surface area contributed by atoms with Crippen LogP contribution in [0, 0.1) is 6.92 Å². The summed E-state index contributed by atoms with van der Waals surface area (Å²) < 4.78 is 28.2. The maximum absolute atomic E-state index is 12.7. The van der Waals surface area contributed by atoms with Crippen molar-refractivity contribution >= 4 is 21.6 Å². The van der Waals surface area contributed by atoms with Gasteiger partial charge in [0.25, 0.3) is 5.91 Å². The third-order valence-corrected chi connectivity index (χ3v) is 7.16. The summed E-state index contributed by atoms with van der Waals surface area (Å²) in [5.41, 5.74) is 2.59. The molecule has 0 bridgehead atoms. The van der Waals surface area contributed by atoms with E-state index in [-0.39, 0.29) is 18.0 Å². The zero-order chi connectivity index (χ0) is 21.7. The lowest BCUT2D eigenvalue weighted by molar-refractivity contribution is 0.0939. The van der Waals surface area contributed by atoms with Crippen molar-refractivity contribution in [2.45, 2.75) is 57.0 Å². The normalized spacial score (nSPS) is 16.3. The highest BCUT2D eigenvalue weighted by atomic mass is 32.2. The van der Waals surface area contributed by atoms with Crippen LogP contribution in [0.15, 0.2) is 53.4 Å². The van der Waals surface area contributed by atoms with E-state index in [1.54, 1.807) is 24.3 Å². The standard InChI is InChI=1S/C23H31N3O3S/c1-4-18(3)24-23(27)21-7-5-6-8-22(21)26-15-13-19(14-16-26)25-30(28,29)20-11-9-17(2)10-12-20/h5-12,18-19,25H,4,13-16H2,1-3H3,(H,24,27)/t18-/m1/s1. The summed E-state index contributed by atoms with van der Waals surface area (Å²) in [4.78, 5) is 15.1. The third-order valence-electron chi connectivity index (χ3n) is 5.63. The Bertz CT molecular complexity index is 965. The van der Waals surface area contributed by atoms with Gasteiger partial charge in [0.1, 0.15) is 0 Å². The van der Waals surface area contributed by atoms with Crippen LogP contribution in [0.25, 0.3) is 0 Å². The number of carbonyl (C=O) groups excluding carboxylic acids is 1. The van der Waals surface area contributed by atoms with Crippen LogP contribution in [0.2, 0.25) is 0 Å². The number of aryl methyl sites for hydroxylation is 1. The summed E-state index contributed by atoms with van der Waals surface area (Å²) in [7, 11) is -3.53. The Morgan fingerprint density at radius 1 is 1.10 bits per heavy atom. The molecule has 1 atom stereocenters. The van der Waals surface area contributed by atoms with Gasteiger partial charge < -0.3 is 10.2 Å². The summed E-state index contributed by atoms with van der Waals surface area (Å²) in [5, 5.41) is 3.03. The van der Waals surface area contributed by atoms with E-state index in [1.807, 2.05) is 45.0 Å². The Hall–Kier alpha value is -2.38. The molecule has 2 aromatic carbocycles. The lowest BCUT2D eigenvalue weighted by Gasteiger charge is -2.34. The van der Waals surface area contributed by atoms with Crippen molar-refractivity contribution in [2.24, 2.45) is 0 Å². The largest absolute Gasteiger partial charge is 0.371 e. The average molecular weight is 430 g/mol.